The number of nitrogens with one attached hydrogen (secondary N) is 1. The number of amides is 1. The van der Waals surface area contributed by atoms with E-state index in [1.54, 1.807) is 12.4 Å². The number of hydrazine groups is 1. The van der Waals surface area contributed by atoms with Crippen LogP contribution in [-0.4, -0.2) is 21.9 Å². The summed E-state index contributed by atoms with van der Waals surface area (Å²) < 4.78 is 0. The van der Waals surface area contributed by atoms with Gasteiger partial charge in [-0.25, -0.2) is 9.97 Å². The zero-order chi connectivity index (χ0) is 17.2. The van der Waals surface area contributed by atoms with Crippen LogP contribution in [0.4, 0.5) is 5.69 Å². The molecule has 0 saturated heterocycles. The summed E-state index contributed by atoms with van der Waals surface area (Å²) in [5.41, 5.74) is 6.63. The predicted molar refractivity (Wildman–Crippen MR) is 97.0 cm³/mol. The van der Waals surface area contributed by atoms with Crippen molar-refractivity contribution in [3.05, 3.63) is 78.1 Å². The number of hydrogen-bond acceptors (Lipinski definition) is 4. The number of benzene rings is 2. The van der Waals surface area contributed by atoms with Crippen molar-refractivity contribution in [2.24, 2.45) is 0 Å². The van der Waals surface area contributed by atoms with Gasteiger partial charge >= 0.3 is 0 Å². The highest BCUT2D eigenvalue weighted by Crippen LogP contribution is 2.30. The van der Waals surface area contributed by atoms with Crippen LogP contribution in [-0.2, 0) is 6.42 Å². The average Bonchev–Trinajstić information content (AvgIpc) is 2.98. The second-order valence-electron chi connectivity index (χ2n) is 6.15. The van der Waals surface area contributed by atoms with E-state index in [1.165, 1.54) is 5.56 Å². The Morgan fingerprint density at radius 3 is 2.48 bits per heavy atom. The molecule has 1 aromatic heterocycles. The number of para-hydroxylation sites is 1. The Bertz CT molecular complexity index is 893. The van der Waals surface area contributed by atoms with Gasteiger partial charge < -0.3 is 0 Å². The van der Waals surface area contributed by atoms with Crippen LogP contribution in [0.5, 0.6) is 0 Å². The SMILES string of the molecule is CC1Cc2ccccc2N1NC(=O)c1cnc(-c2ccccc2)nc1. The van der Waals surface area contributed by atoms with E-state index in [2.05, 4.69) is 28.4 Å². The quantitative estimate of drug-likeness (QED) is 0.801. The molecule has 5 nitrogen and oxygen atoms in total. The Labute approximate surface area is 146 Å². The van der Waals surface area contributed by atoms with Crippen LogP contribution in [0.25, 0.3) is 11.4 Å². The number of rotatable bonds is 3. The Balaban J connectivity index is 1.52. The van der Waals surface area contributed by atoms with E-state index >= 15 is 0 Å². The van der Waals surface area contributed by atoms with Crippen LogP contribution in [0.2, 0.25) is 0 Å². The normalized spacial score (nSPS) is 15.7. The fraction of sp³-hybridized carbons (Fsp3) is 0.150. The van der Waals surface area contributed by atoms with E-state index in [-0.39, 0.29) is 11.9 Å². The maximum Gasteiger partial charge on any atom is 0.272 e. The minimum atomic E-state index is -0.205. The molecule has 0 fully saturated rings. The van der Waals surface area contributed by atoms with E-state index in [4.69, 9.17) is 0 Å². The molecule has 3 aromatic rings. The van der Waals surface area contributed by atoms with Crippen LogP contribution < -0.4 is 10.4 Å². The second-order valence-corrected chi connectivity index (χ2v) is 6.15. The number of fused-ring (bicyclic) bond motifs is 1. The molecular weight excluding hydrogens is 312 g/mol. The molecule has 0 saturated carbocycles. The molecule has 1 N–H and O–H groups in total. The molecule has 4 rings (SSSR count). The first-order valence-electron chi connectivity index (χ1n) is 8.28. The molecule has 0 radical (unpaired) electrons. The third-order valence-corrected chi connectivity index (χ3v) is 4.38. The van der Waals surface area contributed by atoms with Crippen molar-refractivity contribution in [3.63, 3.8) is 0 Å². The van der Waals surface area contributed by atoms with Gasteiger partial charge in [-0.15, -0.1) is 0 Å². The summed E-state index contributed by atoms with van der Waals surface area (Å²) in [7, 11) is 0. The molecule has 2 aromatic carbocycles. The fourth-order valence-corrected chi connectivity index (χ4v) is 3.09. The molecule has 124 valence electrons. The number of hydrogen-bond donors (Lipinski definition) is 1. The molecule has 5 heteroatoms. The topological polar surface area (TPSA) is 58.1 Å². The lowest BCUT2D eigenvalue weighted by atomic mass is 10.1. The van der Waals surface area contributed by atoms with Crippen LogP contribution in [0.15, 0.2) is 67.0 Å². The highest BCUT2D eigenvalue weighted by atomic mass is 16.2. The molecule has 0 spiro atoms. The summed E-state index contributed by atoms with van der Waals surface area (Å²) in [5.74, 6) is 0.403. The second kappa shape index (κ2) is 6.36. The molecule has 1 aliphatic heterocycles. The van der Waals surface area contributed by atoms with Crippen molar-refractivity contribution in [3.8, 4) is 11.4 Å². The van der Waals surface area contributed by atoms with E-state index in [0.717, 1.165) is 17.7 Å². The third-order valence-electron chi connectivity index (χ3n) is 4.38. The predicted octanol–water partition coefficient (Wildman–Crippen LogP) is 3.24. The molecule has 1 aliphatic rings. The van der Waals surface area contributed by atoms with Crippen LogP contribution in [0.1, 0.15) is 22.8 Å². The molecule has 25 heavy (non-hydrogen) atoms. The van der Waals surface area contributed by atoms with Crippen molar-refractivity contribution in [2.75, 3.05) is 5.01 Å². The molecule has 0 bridgehead atoms. The van der Waals surface area contributed by atoms with Gasteiger partial charge in [-0.3, -0.25) is 15.2 Å². The van der Waals surface area contributed by atoms with E-state index in [0.29, 0.717) is 11.4 Å². The van der Waals surface area contributed by atoms with Gasteiger partial charge in [0.1, 0.15) is 0 Å². The first kappa shape index (κ1) is 15.3. The largest absolute Gasteiger partial charge is 0.282 e. The van der Waals surface area contributed by atoms with Crippen molar-refractivity contribution < 1.29 is 4.79 Å². The Morgan fingerprint density at radius 2 is 1.72 bits per heavy atom. The summed E-state index contributed by atoms with van der Waals surface area (Å²) in [5, 5.41) is 1.92. The van der Waals surface area contributed by atoms with Gasteiger partial charge in [-0.2, -0.15) is 0 Å². The monoisotopic (exact) mass is 330 g/mol. The Kier molecular flexibility index (Phi) is 3.90. The minimum absolute atomic E-state index is 0.205. The standard InChI is InChI=1S/C20H18N4O/c1-14-11-16-9-5-6-10-18(16)24(14)23-20(25)17-12-21-19(22-13-17)15-7-3-2-4-8-15/h2-10,12-14H,11H2,1H3,(H,23,25). The first-order chi connectivity index (χ1) is 12.2. The lowest BCUT2D eigenvalue weighted by Gasteiger charge is -2.25. The van der Waals surface area contributed by atoms with E-state index in [9.17, 15) is 4.79 Å². The summed E-state index contributed by atoms with van der Waals surface area (Å²) in [6.07, 6.45) is 4.05. The van der Waals surface area contributed by atoms with Crippen LogP contribution in [0.3, 0.4) is 0 Å². The third kappa shape index (κ3) is 2.96. The average molecular weight is 330 g/mol. The Morgan fingerprint density at radius 1 is 1.04 bits per heavy atom. The molecule has 2 heterocycles. The smallest absolute Gasteiger partial charge is 0.272 e. The number of nitrogens with zero attached hydrogens (tertiary/aromatic N) is 3. The number of aromatic nitrogens is 2. The summed E-state index contributed by atoms with van der Waals surface area (Å²) in [6, 6.07) is 18.0. The molecule has 1 atom stereocenters. The molecule has 0 aliphatic carbocycles. The van der Waals surface area contributed by atoms with Crippen molar-refractivity contribution in [2.45, 2.75) is 19.4 Å². The van der Waals surface area contributed by atoms with Gasteiger partial charge in [-0.05, 0) is 25.0 Å². The van der Waals surface area contributed by atoms with Crippen molar-refractivity contribution >= 4 is 11.6 Å². The lowest BCUT2D eigenvalue weighted by molar-refractivity contribution is 0.0945. The van der Waals surface area contributed by atoms with Crippen molar-refractivity contribution in [1.29, 1.82) is 0 Å². The number of anilines is 1. The van der Waals surface area contributed by atoms with Gasteiger partial charge in [0.05, 0.1) is 17.3 Å². The van der Waals surface area contributed by atoms with Gasteiger partial charge in [0.15, 0.2) is 5.82 Å². The minimum Gasteiger partial charge on any atom is -0.282 e. The zero-order valence-electron chi connectivity index (χ0n) is 13.9. The summed E-state index contributed by atoms with van der Waals surface area (Å²) in [4.78, 5) is 21.2. The van der Waals surface area contributed by atoms with Crippen LogP contribution in [0, 0.1) is 0 Å². The number of carbonyl (C=O) groups excluding carboxylic acids is 1. The lowest BCUT2D eigenvalue weighted by Crippen LogP contribution is -2.45. The maximum absolute atomic E-state index is 12.6. The maximum atomic E-state index is 12.6. The van der Waals surface area contributed by atoms with Gasteiger partial charge in [0, 0.05) is 18.0 Å². The van der Waals surface area contributed by atoms with Gasteiger partial charge in [0.25, 0.3) is 5.91 Å². The first-order valence-corrected chi connectivity index (χ1v) is 8.28. The van der Waals surface area contributed by atoms with E-state index in [1.807, 2.05) is 53.5 Å². The molecule has 1 amide bonds. The van der Waals surface area contributed by atoms with Crippen LogP contribution >= 0.6 is 0 Å². The summed E-state index contributed by atoms with van der Waals surface area (Å²) in [6.45, 7) is 2.09. The van der Waals surface area contributed by atoms with Gasteiger partial charge in [0.2, 0.25) is 0 Å². The summed E-state index contributed by atoms with van der Waals surface area (Å²) >= 11 is 0. The van der Waals surface area contributed by atoms with Crippen molar-refractivity contribution in [1.82, 2.24) is 15.4 Å². The number of carbonyl (C=O) groups is 1. The zero-order valence-corrected chi connectivity index (χ0v) is 13.9. The Hall–Kier alpha value is -3.21. The van der Waals surface area contributed by atoms with Gasteiger partial charge in [-0.1, -0.05) is 48.5 Å². The fourth-order valence-electron chi connectivity index (χ4n) is 3.09. The highest BCUT2D eigenvalue weighted by Gasteiger charge is 2.27. The molecular formula is C20H18N4O. The highest BCUT2D eigenvalue weighted by molar-refractivity contribution is 5.95. The van der Waals surface area contributed by atoms with E-state index < -0.39 is 0 Å². The molecule has 1 unspecified atom stereocenters.